The Balaban J connectivity index is -0.0000000483. The van der Waals surface area contributed by atoms with E-state index in [4.69, 9.17) is 44.9 Å². The summed E-state index contributed by atoms with van der Waals surface area (Å²) in [6.07, 6.45) is 0. The van der Waals surface area contributed by atoms with Gasteiger partial charge in [-0.2, -0.15) is 0 Å². The third-order valence-electron chi connectivity index (χ3n) is 0. The predicted octanol–water partition coefficient (Wildman–Crippen LogP) is 2.07. The SMILES string of the molecule is ClP(Cl)Cl.[2HH].[2H]OP(=O)(O)O.[OH-]. The zero-order chi connectivity index (χ0) is 8.78. The molecular formula is H6Cl3O5P2-. The van der Waals surface area contributed by atoms with Gasteiger partial charge in [0.15, 0.2) is 5.98 Å². The molecule has 0 amide bonds. The Bertz CT molecular complexity index is 113. The summed E-state index contributed by atoms with van der Waals surface area (Å²) in [6, 6.07) is 0. The van der Waals surface area contributed by atoms with E-state index in [0.29, 0.717) is 0 Å². The molecule has 0 atom stereocenters. The van der Waals surface area contributed by atoms with Crippen molar-refractivity contribution < 1.29 is 26.2 Å². The molecule has 0 aromatic carbocycles. The molecule has 0 saturated heterocycles. The standard InChI is InChI=1S/Cl3P.H3O4P.H2O.H2/c1-4(2)3;1-5(2,3)4;;/h;(H3,1,2,3,4);1H2;1H/p-1/i;;;1+1/hD. The summed E-state index contributed by atoms with van der Waals surface area (Å²) in [5.41, 5.74) is 0. The highest BCUT2D eigenvalue weighted by molar-refractivity contribution is 8.20. The lowest BCUT2D eigenvalue weighted by molar-refractivity contribution is 0.275. The maximum absolute atomic E-state index is 9.28. The second-order valence-electron chi connectivity index (χ2n) is 0.682. The molecule has 68 valence electrons. The molecule has 5 nitrogen and oxygen atoms in total. The van der Waals surface area contributed by atoms with Crippen molar-refractivity contribution in [1.29, 1.82) is 1.43 Å². The van der Waals surface area contributed by atoms with E-state index in [0.717, 1.165) is 0 Å². The van der Waals surface area contributed by atoms with Crippen LogP contribution in [0.5, 0.6) is 0 Å². The summed E-state index contributed by atoms with van der Waals surface area (Å²) in [4.78, 5) is 17.9. The van der Waals surface area contributed by atoms with Gasteiger partial charge in [-0.3, -0.25) is 0 Å². The number of phosphoric acid groups is 1. The van der Waals surface area contributed by atoms with Crippen molar-refractivity contribution in [2.45, 2.75) is 0 Å². The molecule has 10 heavy (non-hydrogen) atoms. The average Bonchev–Trinajstić information content (AvgIpc) is 1.63. The molecule has 0 spiro atoms. The van der Waals surface area contributed by atoms with Gasteiger partial charge in [0, 0.05) is 1.43 Å². The van der Waals surface area contributed by atoms with Crippen LogP contribution < -0.4 is 0 Å². The van der Waals surface area contributed by atoms with E-state index in [-0.39, 0.29) is 6.90 Å². The van der Waals surface area contributed by atoms with E-state index < -0.39 is 13.8 Å². The van der Waals surface area contributed by atoms with Gasteiger partial charge in [-0.25, -0.2) is 4.57 Å². The number of hydrogen-bond acceptors (Lipinski definition) is 3. The Morgan fingerprint density at radius 3 is 1.60 bits per heavy atom. The van der Waals surface area contributed by atoms with Crippen molar-refractivity contribution in [3.63, 3.8) is 0 Å². The quantitative estimate of drug-likeness (QED) is 0.622. The van der Waals surface area contributed by atoms with Crippen molar-refractivity contribution in [1.82, 2.24) is 0 Å². The van der Waals surface area contributed by atoms with Gasteiger partial charge in [0.05, 0.1) is 0 Å². The van der Waals surface area contributed by atoms with Crippen molar-refractivity contribution in [2.24, 2.45) is 0 Å². The fourth-order valence-electron chi connectivity index (χ4n) is 0. The third kappa shape index (κ3) is 350. The third-order valence-corrected chi connectivity index (χ3v) is 0. The van der Waals surface area contributed by atoms with Crippen LogP contribution in [0.4, 0.5) is 0 Å². The molecule has 10 heteroatoms. The molecule has 0 bridgehead atoms. The second kappa shape index (κ2) is 8.47. The minimum atomic E-state index is -4.48. The van der Waals surface area contributed by atoms with Crippen molar-refractivity contribution in [3.05, 3.63) is 0 Å². The maximum atomic E-state index is 9.28. The molecule has 0 fully saturated rings. The van der Waals surface area contributed by atoms with Crippen molar-refractivity contribution in [3.8, 4) is 0 Å². The molecule has 0 aliphatic carbocycles. The Morgan fingerprint density at radius 2 is 1.60 bits per heavy atom. The van der Waals surface area contributed by atoms with Gasteiger partial charge < -0.3 is 20.2 Å². The van der Waals surface area contributed by atoms with Gasteiger partial charge in [0.1, 0.15) is 0 Å². The van der Waals surface area contributed by atoms with E-state index in [9.17, 15) is 4.57 Å². The van der Waals surface area contributed by atoms with E-state index in [1.165, 1.54) is 0 Å². The lowest BCUT2D eigenvalue weighted by Gasteiger charge is -1.82. The molecule has 0 aromatic heterocycles. The van der Waals surface area contributed by atoms with Crippen LogP contribution in [-0.2, 0) is 4.57 Å². The van der Waals surface area contributed by atoms with Crippen LogP contribution in [-0.4, -0.2) is 21.6 Å². The lowest BCUT2D eigenvalue weighted by Crippen LogP contribution is -1.66. The maximum Gasteiger partial charge on any atom is 0.466 e. The van der Waals surface area contributed by atoms with Crippen LogP contribution in [0.25, 0.3) is 0 Å². The van der Waals surface area contributed by atoms with Crippen LogP contribution >= 0.6 is 47.5 Å². The largest absolute Gasteiger partial charge is 0.870 e. The van der Waals surface area contributed by atoms with Crippen LogP contribution in [0.3, 0.4) is 0 Å². The topological polar surface area (TPSA) is 108 Å². The van der Waals surface area contributed by atoms with Gasteiger partial charge in [-0.15, -0.1) is 0 Å². The Hall–Kier alpha value is 1.37. The Kier molecular flexibility index (Phi) is 11.8. The Morgan fingerprint density at radius 1 is 1.50 bits per heavy atom. The lowest BCUT2D eigenvalue weighted by atomic mass is 15.8. The van der Waals surface area contributed by atoms with E-state index >= 15 is 0 Å². The van der Waals surface area contributed by atoms with Crippen LogP contribution in [0.1, 0.15) is 1.43 Å². The highest BCUT2D eigenvalue weighted by atomic mass is 36.0. The molecule has 0 aliphatic rings. The normalized spacial score (nSPS) is 10.8. The summed E-state index contributed by atoms with van der Waals surface area (Å²) in [5, 5.41) is 0. The van der Waals surface area contributed by atoms with E-state index in [1.807, 2.05) is 0 Å². The summed E-state index contributed by atoms with van der Waals surface area (Å²) in [5.74, 6) is -1.20. The number of rotatable bonds is 1. The molecule has 0 aliphatic heterocycles. The number of hydrogen-bond donors (Lipinski definition) is 3. The summed E-state index contributed by atoms with van der Waals surface area (Å²) in [6.45, 7) is 0. The first kappa shape index (κ1) is 13.9. The smallest absolute Gasteiger partial charge is 0.466 e. The van der Waals surface area contributed by atoms with Gasteiger partial charge in [0.25, 0.3) is 0 Å². The molecule has 0 aromatic rings. The monoisotopic (exact) mass is 255 g/mol. The second-order valence-corrected chi connectivity index (χ2v) is 6.65. The first-order valence-electron chi connectivity index (χ1n) is 1.68. The van der Waals surface area contributed by atoms with Crippen molar-refractivity contribution >= 4 is 47.5 Å². The Labute approximate surface area is 75.6 Å². The van der Waals surface area contributed by atoms with E-state index in [2.05, 4.69) is 4.90 Å². The highest BCUT2D eigenvalue weighted by Crippen LogP contribution is 2.51. The number of halogens is 3. The zero-order valence-corrected chi connectivity index (χ0v) is 8.24. The molecule has 0 unspecified atom stereocenters. The fraction of sp³-hybridized carbons (Fsp3) is 0. The van der Waals surface area contributed by atoms with Gasteiger partial charge in [0.2, 0.25) is 1.43 Å². The highest BCUT2D eigenvalue weighted by Gasteiger charge is 2.00. The molecule has 0 saturated carbocycles. The minimum absolute atomic E-state index is 0. The molecule has 4 N–H and O–H groups in total. The zero-order valence-electron chi connectivity index (χ0n) is 5.19. The van der Waals surface area contributed by atoms with Crippen LogP contribution in [0.15, 0.2) is 0 Å². The molecule has 0 rings (SSSR count). The first-order chi connectivity index (χ1) is 4.29. The summed E-state index contributed by atoms with van der Waals surface area (Å²) < 4.78 is 14.9. The average molecular weight is 256 g/mol. The fourth-order valence-corrected chi connectivity index (χ4v) is 0. The van der Waals surface area contributed by atoms with Crippen LogP contribution in [0.2, 0.25) is 0 Å². The van der Waals surface area contributed by atoms with Gasteiger partial charge >= 0.3 is 7.82 Å². The van der Waals surface area contributed by atoms with Crippen LogP contribution in [0, 0.1) is 0 Å². The van der Waals surface area contributed by atoms with Gasteiger partial charge in [-0.1, -0.05) is 33.7 Å². The summed E-state index contributed by atoms with van der Waals surface area (Å²) in [7, 11) is -4.48. The molecule has 0 radical (unpaired) electrons. The first-order valence-corrected chi connectivity index (χ1v) is 6.86. The van der Waals surface area contributed by atoms with Crippen molar-refractivity contribution in [2.75, 3.05) is 0 Å². The molecule has 0 heterocycles. The molecular weight excluding hydrogens is 248 g/mol. The predicted molar refractivity (Wildman–Crippen MR) is 42.8 cm³/mol. The minimum Gasteiger partial charge on any atom is -0.870 e. The van der Waals surface area contributed by atoms with Gasteiger partial charge in [-0.05, 0) is 0 Å². The summed E-state index contributed by atoms with van der Waals surface area (Å²) >= 11 is 14.6. The van der Waals surface area contributed by atoms with E-state index in [1.54, 1.807) is 0 Å².